The number of aromatic nitrogens is 1. The van der Waals surface area contributed by atoms with E-state index in [-0.39, 0.29) is 40.2 Å². The molecule has 1 aliphatic carbocycles. The van der Waals surface area contributed by atoms with Crippen molar-refractivity contribution in [2.75, 3.05) is 26.0 Å². The van der Waals surface area contributed by atoms with Gasteiger partial charge in [0.1, 0.15) is 35.0 Å². The van der Waals surface area contributed by atoms with Crippen LogP contribution in [0.1, 0.15) is 58.4 Å². The summed E-state index contributed by atoms with van der Waals surface area (Å²) in [6, 6.07) is 15.6. The highest BCUT2D eigenvalue weighted by Crippen LogP contribution is 2.48. The van der Waals surface area contributed by atoms with E-state index in [0.29, 0.717) is 52.2 Å². The van der Waals surface area contributed by atoms with Gasteiger partial charge in [-0.3, -0.25) is 14.6 Å². The predicted octanol–water partition coefficient (Wildman–Crippen LogP) is 6.36. The highest BCUT2D eigenvalue weighted by atomic mass is 35.5. The average molecular weight is 695 g/mol. The molecule has 0 spiro atoms. The molecule has 2 amide bonds. The van der Waals surface area contributed by atoms with Crippen LogP contribution in [0.3, 0.4) is 0 Å². The number of nitrogens with zero attached hydrogens (tertiary/aromatic N) is 2. The fourth-order valence-corrected chi connectivity index (χ4v) is 5.93. The number of amides is 2. The zero-order valence-electron chi connectivity index (χ0n) is 26.0. The summed E-state index contributed by atoms with van der Waals surface area (Å²) in [7, 11) is 1.40. The summed E-state index contributed by atoms with van der Waals surface area (Å²) in [5.74, 6) is -3.46. The lowest BCUT2D eigenvalue weighted by molar-refractivity contribution is -0.123. The van der Waals surface area contributed by atoms with Crippen LogP contribution in [-0.4, -0.2) is 49.1 Å². The third kappa shape index (κ3) is 6.27. The van der Waals surface area contributed by atoms with E-state index in [1.807, 2.05) is 0 Å². The zero-order chi connectivity index (χ0) is 34.4. The summed E-state index contributed by atoms with van der Waals surface area (Å²) in [6.07, 6.45) is 1.93. The van der Waals surface area contributed by atoms with E-state index in [0.717, 1.165) is 0 Å². The van der Waals surface area contributed by atoms with Crippen LogP contribution in [0.2, 0.25) is 10.0 Å². The van der Waals surface area contributed by atoms with Gasteiger partial charge in [-0.25, -0.2) is 13.8 Å². The monoisotopic (exact) mass is 693 g/mol. The van der Waals surface area contributed by atoms with Crippen molar-refractivity contribution in [3.63, 3.8) is 0 Å². The first kappa shape index (κ1) is 33.2. The number of carbonyl (C=O) groups excluding carboxylic acids is 2. The van der Waals surface area contributed by atoms with Crippen molar-refractivity contribution in [2.45, 2.75) is 36.9 Å². The molecule has 4 aromatic rings. The number of nitrogen functional groups attached to an aromatic ring is 1. The second-order valence-corrected chi connectivity index (χ2v) is 12.8. The fraction of sp³-hybridized carbons (Fsp3) is 0.257. The Morgan fingerprint density at radius 2 is 1.92 bits per heavy atom. The number of carbonyl (C=O) groups is 2. The van der Waals surface area contributed by atoms with Crippen LogP contribution in [0.25, 0.3) is 11.3 Å². The van der Waals surface area contributed by atoms with E-state index in [4.69, 9.17) is 49.1 Å². The molecule has 6 rings (SSSR count). The maximum atomic E-state index is 14.6. The number of hydrogen-bond donors (Lipinski definition) is 3. The zero-order valence-corrected chi connectivity index (χ0v) is 27.5. The van der Waals surface area contributed by atoms with Crippen LogP contribution < -0.4 is 26.3 Å². The number of aliphatic imine (C=N–C) groups is 1. The van der Waals surface area contributed by atoms with Crippen LogP contribution in [0.5, 0.6) is 11.5 Å². The van der Waals surface area contributed by atoms with Gasteiger partial charge in [0, 0.05) is 53.8 Å². The number of pyridine rings is 1. The van der Waals surface area contributed by atoms with Crippen molar-refractivity contribution in [1.29, 1.82) is 0 Å². The van der Waals surface area contributed by atoms with Crippen LogP contribution >= 0.6 is 23.2 Å². The first-order valence-corrected chi connectivity index (χ1v) is 15.8. The SMILES string of the molecule is COc1cc(C(=O)NC[C@@H](c2cccc(F)c2)c2cc3c(c(-c4cccc(Cl)c4Cl)n2)OC[C@]3(C)C(N)=O)cc(/C=N/C2(F)CC2)c1N. The minimum absolute atomic E-state index is 0.0382. The van der Waals surface area contributed by atoms with Crippen LogP contribution in [0.15, 0.2) is 65.7 Å². The molecule has 1 fully saturated rings. The first-order valence-electron chi connectivity index (χ1n) is 15.0. The molecule has 48 heavy (non-hydrogen) atoms. The molecular formula is C35H31Cl2F2N5O4. The fourth-order valence-electron chi connectivity index (χ4n) is 5.54. The molecular weight excluding hydrogens is 663 g/mol. The molecule has 2 heterocycles. The first-order chi connectivity index (χ1) is 22.8. The van der Waals surface area contributed by atoms with Gasteiger partial charge in [0.15, 0.2) is 5.79 Å². The number of hydrogen-bond acceptors (Lipinski definition) is 7. The Morgan fingerprint density at radius 1 is 1.17 bits per heavy atom. The normalized spacial score (nSPS) is 18.2. The Balaban J connectivity index is 1.43. The largest absolute Gasteiger partial charge is 0.495 e. The van der Waals surface area contributed by atoms with Gasteiger partial charge in [-0.2, -0.15) is 0 Å². The molecule has 2 aliphatic rings. The summed E-state index contributed by atoms with van der Waals surface area (Å²) < 4.78 is 40.3. The Kier molecular flexibility index (Phi) is 8.78. The number of methoxy groups -OCH3 is 1. The number of anilines is 1. The maximum absolute atomic E-state index is 14.6. The number of alkyl halides is 1. The molecule has 0 saturated heterocycles. The third-order valence-corrected chi connectivity index (χ3v) is 9.49. The lowest BCUT2D eigenvalue weighted by Gasteiger charge is -2.23. The van der Waals surface area contributed by atoms with Gasteiger partial charge >= 0.3 is 0 Å². The molecule has 248 valence electrons. The Bertz CT molecular complexity index is 1990. The number of fused-ring (bicyclic) bond motifs is 1. The minimum Gasteiger partial charge on any atom is -0.495 e. The maximum Gasteiger partial charge on any atom is 0.251 e. The molecule has 0 unspecified atom stereocenters. The predicted molar refractivity (Wildman–Crippen MR) is 180 cm³/mol. The number of benzene rings is 3. The molecule has 0 bridgehead atoms. The van der Waals surface area contributed by atoms with E-state index in [9.17, 15) is 18.4 Å². The number of ether oxygens (including phenoxy) is 2. The number of primary amides is 1. The number of rotatable bonds is 10. The Morgan fingerprint density at radius 3 is 2.60 bits per heavy atom. The summed E-state index contributed by atoms with van der Waals surface area (Å²) >= 11 is 13.0. The Labute approximate surface area is 285 Å². The van der Waals surface area contributed by atoms with Crippen molar-refractivity contribution in [2.24, 2.45) is 10.7 Å². The van der Waals surface area contributed by atoms with Crippen molar-refractivity contribution in [3.8, 4) is 22.8 Å². The van der Waals surface area contributed by atoms with Gasteiger partial charge in [0.2, 0.25) is 5.91 Å². The third-order valence-electron chi connectivity index (χ3n) is 8.67. The summed E-state index contributed by atoms with van der Waals surface area (Å²) in [5, 5.41) is 3.40. The van der Waals surface area contributed by atoms with Gasteiger partial charge in [-0.15, -0.1) is 0 Å². The van der Waals surface area contributed by atoms with Gasteiger partial charge in [0.25, 0.3) is 5.91 Å². The second-order valence-electron chi connectivity index (χ2n) is 12.0. The summed E-state index contributed by atoms with van der Waals surface area (Å²) in [4.78, 5) is 35.3. The van der Waals surface area contributed by atoms with Crippen molar-refractivity contribution < 1.29 is 27.8 Å². The average Bonchev–Trinajstić information content (AvgIpc) is 3.70. The lowest BCUT2D eigenvalue weighted by Crippen LogP contribution is -2.40. The molecule has 9 nitrogen and oxygen atoms in total. The van der Waals surface area contributed by atoms with E-state index in [1.165, 1.54) is 37.6 Å². The van der Waals surface area contributed by atoms with Gasteiger partial charge in [-0.1, -0.05) is 47.5 Å². The van der Waals surface area contributed by atoms with Crippen LogP contribution in [-0.2, 0) is 10.2 Å². The van der Waals surface area contributed by atoms with E-state index >= 15 is 0 Å². The molecule has 0 radical (unpaired) electrons. The number of halogens is 4. The van der Waals surface area contributed by atoms with E-state index in [1.54, 1.807) is 43.3 Å². The van der Waals surface area contributed by atoms with Crippen LogP contribution in [0, 0.1) is 5.82 Å². The second kappa shape index (κ2) is 12.7. The van der Waals surface area contributed by atoms with Gasteiger partial charge in [-0.05, 0) is 48.9 Å². The van der Waals surface area contributed by atoms with Crippen molar-refractivity contribution in [1.82, 2.24) is 10.3 Å². The van der Waals surface area contributed by atoms with E-state index in [2.05, 4.69) is 10.3 Å². The Hall–Kier alpha value is -4.74. The topological polar surface area (TPSA) is 142 Å². The molecule has 2 atom stereocenters. The van der Waals surface area contributed by atoms with Crippen molar-refractivity contribution in [3.05, 3.63) is 104 Å². The van der Waals surface area contributed by atoms with Crippen LogP contribution in [0.4, 0.5) is 14.5 Å². The number of nitrogens with two attached hydrogens (primary N) is 2. The minimum atomic E-state index is -1.62. The molecule has 3 aromatic carbocycles. The molecule has 5 N–H and O–H groups in total. The highest BCUT2D eigenvalue weighted by Gasteiger charge is 2.45. The highest BCUT2D eigenvalue weighted by molar-refractivity contribution is 6.43. The molecule has 1 aromatic heterocycles. The quantitative estimate of drug-likeness (QED) is 0.100. The van der Waals surface area contributed by atoms with Gasteiger partial charge < -0.3 is 26.3 Å². The summed E-state index contributed by atoms with van der Waals surface area (Å²) in [6.45, 7) is 1.56. The van der Waals surface area contributed by atoms with E-state index < -0.39 is 34.8 Å². The van der Waals surface area contributed by atoms with Gasteiger partial charge in [0.05, 0.1) is 28.5 Å². The number of nitrogens with one attached hydrogen (secondary N) is 1. The lowest BCUT2D eigenvalue weighted by atomic mass is 9.81. The summed E-state index contributed by atoms with van der Waals surface area (Å²) in [5.41, 5.74) is 13.6. The smallest absolute Gasteiger partial charge is 0.251 e. The molecule has 1 aliphatic heterocycles. The molecule has 13 heteroatoms. The standard InChI is InChI=1S/C35H31Cl2F2N5O4/c1-34(33(41)46)17-48-31-24(34)14-26(44-30(31)22-7-4-8-25(36)28(22)37)23(18-5-3-6-21(38)12-18)16-42-32(45)19-11-20(15-43-35(39)9-10-35)29(40)27(13-19)47-2/h3-8,11-15,23H,9-10,16-17,40H2,1-2H3,(H2,41,46)(H,42,45)/b43-15+/t23-,34-/m0/s1. The van der Waals surface area contributed by atoms with Crippen molar-refractivity contribution >= 4 is 46.9 Å². The molecule has 1 saturated carbocycles.